The van der Waals surface area contributed by atoms with Gasteiger partial charge in [0.25, 0.3) is 5.91 Å². The number of aryl methyl sites for hydroxylation is 1. The maximum atomic E-state index is 14.5. The van der Waals surface area contributed by atoms with Gasteiger partial charge in [0.2, 0.25) is 5.91 Å². The van der Waals surface area contributed by atoms with Crippen LogP contribution in [0.1, 0.15) is 63.7 Å². The van der Waals surface area contributed by atoms with Gasteiger partial charge in [-0.25, -0.2) is 19.6 Å². The van der Waals surface area contributed by atoms with Gasteiger partial charge in [-0.05, 0) is 54.5 Å². The fraction of sp³-hybridized carbons (Fsp3) is 0.452. The molecule has 1 aromatic carbocycles. The number of nitrogens with one attached hydrogen (secondary N) is 3. The maximum absolute atomic E-state index is 14.5. The summed E-state index contributed by atoms with van der Waals surface area (Å²) >= 11 is 1.38. The number of aromatic nitrogens is 3. The highest BCUT2D eigenvalue weighted by Gasteiger charge is 2.41. The predicted molar refractivity (Wildman–Crippen MR) is 221 cm³/mol. The molecule has 4 heterocycles. The Hall–Kier alpha value is -5.45. The van der Waals surface area contributed by atoms with E-state index in [0.717, 1.165) is 17.0 Å². The Morgan fingerprint density at radius 2 is 1.69 bits per heavy atom. The molecule has 310 valence electrons. The first-order valence-corrected chi connectivity index (χ1v) is 20.4. The topological polar surface area (TPSA) is 193 Å². The molecule has 3 aromatic heterocycles. The van der Waals surface area contributed by atoms with Crippen molar-refractivity contribution in [3.05, 3.63) is 101 Å². The summed E-state index contributed by atoms with van der Waals surface area (Å²) < 4.78 is 0. The van der Waals surface area contributed by atoms with E-state index in [2.05, 4.69) is 26.0 Å². The molecule has 0 aliphatic carbocycles. The molecule has 0 radical (unpaired) electrons. The molecule has 0 spiro atoms. The molecule has 15 nitrogen and oxygen atoms in total. The Kier molecular flexibility index (Phi) is 14.9. The van der Waals surface area contributed by atoms with Crippen molar-refractivity contribution in [2.45, 2.75) is 91.7 Å². The number of pyridine rings is 2. The predicted octanol–water partition coefficient (Wildman–Crippen LogP) is 4.86. The molecule has 0 unspecified atom stereocenters. The van der Waals surface area contributed by atoms with Crippen molar-refractivity contribution < 1.29 is 29.4 Å². The van der Waals surface area contributed by atoms with Crippen LogP contribution in [0.4, 0.5) is 9.59 Å². The zero-order valence-electron chi connectivity index (χ0n) is 34.0. The molecule has 58 heavy (non-hydrogen) atoms. The van der Waals surface area contributed by atoms with Gasteiger partial charge in [-0.15, -0.1) is 11.3 Å². The molecule has 16 heteroatoms. The van der Waals surface area contributed by atoms with Crippen molar-refractivity contribution in [1.82, 2.24) is 45.8 Å². The van der Waals surface area contributed by atoms with Crippen LogP contribution in [0.3, 0.4) is 0 Å². The fourth-order valence-corrected chi connectivity index (χ4v) is 7.73. The number of aliphatic hydroxyl groups is 1. The Morgan fingerprint density at radius 3 is 2.34 bits per heavy atom. The van der Waals surface area contributed by atoms with Gasteiger partial charge in [-0.2, -0.15) is 0 Å². The summed E-state index contributed by atoms with van der Waals surface area (Å²) in [5, 5.41) is 31.1. The molecule has 0 saturated carbocycles. The van der Waals surface area contributed by atoms with Crippen molar-refractivity contribution in [1.29, 1.82) is 0 Å². The van der Waals surface area contributed by atoms with Crippen LogP contribution in [0, 0.1) is 18.3 Å². The second-order valence-electron chi connectivity index (χ2n) is 15.8. The molecule has 4 aromatic rings. The van der Waals surface area contributed by atoms with Gasteiger partial charge in [0.15, 0.2) is 0 Å². The summed E-state index contributed by atoms with van der Waals surface area (Å²) in [6.45, 7) is 12.0. The number of carbonyl (C=O) groups is 4. The zero-order valence-corrected chi connectivity index (χ0v) is 34.8. The molecular weight excluding hydrogens is 759 g/mol. The van der Waals surface area contributed by atoms with Crippen LogP contribution in [0.15, 0.2) is 78.3 Å². The van der Waals surface area contributed by atoms with Gasteiger partial charge in [0.1, 0.15) is 17.1 Å². The Labute approximate surface area is 343 Å². The number of thiazole rings is 1. The quantitative estimate of drug-likeness (QED) is 0.0867. The standard InChI is InChI=1S/C42H55N9O6S/c1-7-27(2)35(51-21-20-49(41(51)57)23-30-17-13-14-28(3)44-30)37(53)46-33(22-29-15-9-8-10-16-29)34(52)25-50(48-38(54)36(42(4,5)6)47-40(55)56)24-31-26-58-39(45-31)32-18-11-12-19-43-32/h8-19,26-27,33-36,47,52H,7,20-25H2,1-6H3,(H,46,53)(H,48,54)(H,55,56)/t27-,33-,34-,35-,36+/m0/s1. The number of hydrazine groups is 1. The van der Waals surface area contributed by atoms with E-state index in [0.29, 0.717) is 42.5 Å². The Balaban J connectivity index is 1.41. The molecule has 5 N–H and O–H groups in total. The first-order valence-electron chi connectivity index (χ1n) is 19.5. The highest BCUT2D eigenvalue weighted by atomic mass is 32.1. The van der Waals surface area contributed by atoms with E-state index in [1.165, 1.54) is 16.3 Å². The number of aliphatic hydroxyl groups excluding tert-OH is 1. The Morgan fingerprint density at radius 1 is 0.948 bits per heavy atom. The van der Waals surface area contributed by atoms with Crippen LogP contribution in [0.5, 0.6) is 0 Å². The zero-order chi connectivity index (χ0) is 42.0. The number of carboxylic acid groups (broad SMARTS) is 1. The van der Waals surface area contributed by atoms with Gasteiger partial charge in [-0.1, -0.05) is 83.5 Å². The lowest BCUT2D eigenvalue weighted by molar-refractivity contribution is -0.132. The van der Waals surface area contributed by atoms with E-state index in [1.807, 2.05) is 92.9 Å². The molecule has 5 amide bonds. The smallest absolute Gasteiger partial charge is 0.405 e. The van der Waals surface area contributed by atoms with Gasteiger partial charge in [0.05, 0.1) is 42.3 Å². The van der Waals surface area contributed by atoms with Crippen LogP contribution in [0.2, 0.25) is 0 Å². The molecule has 5 atom stereocenters. The Bertz CT molecular complexity index is 1990. The summed E-state index contributed by atoms with van der Waals surface area (Å²) in [5.74, 6) is -1.23. The lowest BCUT2D eigenvalue weighted by Crippen LogP contribution is -2.60. The summed E-state index contributed by atoms with van der Waals surface area (Å²) in [5.41, 5.74) is 5.77. The summed E-state index contributed by atoms with van der Waals surface area (Å²) in [6.07, 6.45) is -0.0650. The number of nitrogens with zero attached hydrogens (tertiary/aromatic N) is 6. The number of rotatable bonds is 18. The molecule has 5 rings (SSSR count). The number of hydrogen-bond acceptors (Lipinski definition) is 10. The largest absolute Gasteiger partial charge is 0.465 e. The second-order valence-corrected chi connectivity index (χ2v) is 16.7. The molecule has 1 aliphatic heterocycles. The van der Waals surface area contributed by atoms with Crippen LogP contribution in [-0.2, 0) is 29.1 Å². The third-order valence-electron chi connectivity index (χ3n) is 10.2. The van der Waals surface area contributed by atoms with E-state index in [-0.39, 0.29) is 31.5 Å². The number of carbonyl (C=O) groups excluding carboxylic acids is 3. The van der Waals surface area contributed by atoms with Crippen LogP contribution in [0.25, 0.3) is 10.7 Å². The summed E-state index contributed by atoms with van der Waals surface area (Å²) in [7, 11) is 0. The van der Waals surface area contributed by atoms with E-state index < -0.39 is 47.6 Å². The van der Waals surface area contributed by atoms with Gasteiger partial charge in [-0.3, -0.25) is 25.0 Å². The first kappa shape index (κ1) is 43.7. The van der Waals surface area contributed by atoms with Crippen LogP contribution in [-0.4, -0.2) is 108 Å². The van der Waals surface area contributed by atoms with Gasteiger partial charge in [0, 0.05) is 36.9 Å². The molecule has 1 saturated heterocycles. The van der Waals surface area contributed by atoms with Crippen molar-refractivity contribution in [2.75, 3.05) is 19.6 Å². The normalized spacial score (nSPS) is 15.8. The highest BCUT2D eigenvalue weighted by molar-refractivity contribution is 7.13. The lowest BCUT2D eigenvalue weighted by Gasteiger charge is -2.35. The lowest BCUT2D eigenvalue weighted by atomic mass is 9.86. The molecule has 1 fully saturated rings. The number of amides is 5. The van der Waals surface area contributed by atoms with Crippen molar-refractivity contribution >= 4 is 35.3 Å². The van der Waals surface area contributed by atoms with Gasteiger partial charge < -0.3 is 30.6 Å². The SMILES string of the molecule is CC[C@H](C)[C@@H](C(=O)N[C@@H](Cc1ccccc1)[C@@H](O)CN(Cc1csc(-c2ccccn2)n1)NC(=O)[C@@H](NC(=O)O)C(C)(C)C)N1CCN(Cc2cccc(C)n2)C1=O. The van der Waals surface area contributed by atoms with Crippen molar-refractivity contribution in [3.8, 4) is 10.7 Å². The fourth-order valence-electron chi connectivity index (χ4n) is 6.94. The van der Waals surface area contributed by atoms with E-state index in [9.17, 15) is 29.4 Å². The minimum absolute atomic E-state index is 0.0471. The average Bonchev–Trinajstić information content (AvgIpc) is 3.79. The first-order chi connectivity index (χ1) is 27.6. The van der Waals surface area contributed by atoms with Crippen LogP contribution >= 0.6 is 11.3 Å². The summed E-state index contributed by atoms with van der Waals surface area (Å²) in [6, 6.07) is 17.6. The summed E-state index contributed by atoms with van der Waals surface area (Å²) in [4.78, 5) is 70.9. The second kappa shape index (κ2) is 19.8. The van der Waals surface area contributed by atoms with Crippen molar-refractivity contribution in [2.24, 2.45) is 11.3 Å². The average molecular weight is 814 g/mol. The molecular formula is C42H55N9O6S. The maximum Gasteiger partial charge on any atom is 0.405 e. The van der Waals surface area contributed by atoms with Gasteiger partial charge >= 0.3 is 12.1 Å². The number of benzene rings is 1. The molecule has 0 bridgehead atoms. The highest BCUT2D eigenvalue weighted by Crippen LogP contribution is 2.25. The minimum atomic E-state index is -1.35. The number of urea groups is 1. The van der Waals surface area contributed by atoms with E-state index in [1.54, 1.807) is 36.8 Å². The van der Waals surface area contributed by atoms with E-state index in [4.69, 9.17) is 4.98 Å². The number of hydrogen-bond donors (Lipinski definition) is 5. The van der Waals surface area contributed by atoms with Crippen molar-refractivity contribution in [3.63, 3.8) is 0 Å². The monoisotopic (exact) mass is 813 g/mol. The van der Waals surface area contributed by atoms with E-state index >= 15 is 0 Å². The third-order valence-corrected chi connectivity index (χ3v) is 11.1. The third kappa shape index (κ3) is 11.8. The molecule has 1 aliphatic rings. The minimum Gasteiger partial charge on any atom is -0.465 e. The van der Waals surface area contributed by atoms with Crippen LogP contribution < -0.4 is 16.1 Å².